The zero-order chi connectivity index (χ0) is 28.6. The SMILES string of the molecule is Cn1c(=O)n(CC(=O)c2ccccc2)c(=O)c2c1cc(N1CCC[C@@H](NC(=O)O)C1)n2Cc1cc(F)ccc1Cl. The Bertz CT molecular complexity index is 1730. The molecule has 0 spiro atoms. The second-order valence-corrected chi connectivity index (χ2v) is 10.2. The third-order valence-electron chi connectivity index (χ3n) is 7.19. The number of Topliss-reactive ketones (excluding diaryl/α,β-unsaturated/α-hetero) is 1. The number of nitrogens with zero attached hydrogens (tertiary/aromatic N) is 4. The Hall–Kier alpha value is -4.38. The number of halogens is 2. The van der Waals surface area contributed by atoms with Crippen LogP contribution >= 0.6 is 11.6 Å². The number of aryl methyl sites for hydroxylation is 1. The fourth-order valence-corrected chi connectivity index (χ4v) is 5.41. The highest BCUT2D eigenvalue weighted by Crippen LogP contribution is 2.29. The molecular weight excluding hydrogens is 541 g/mol. The Labute approximate surface area is 232 Å². The fourth-order valence-electron chi connectivity index (χ4n) is 5.23. The number of nitrogens with one attached hydrogen (secondary N) is 1. The number of ketones is 1. The number of carbonyl (C=O) groups excluding carboxylic acids is 1. The molecule has 4 aromatic rings. The normalized spacial score (nSPS) is 15.4. The van der Waals surface area contributed by atoms with Gasteiger partial charge in [-0.05, 0) is 36.6 Å². The monoisotopic (exact) mass is 567 g/mol. The van der Waals surface area contributed by atoms with E-state index in [0.29, 0.717) is 53.4 Å². The van der Waals surface area contributed by atoms with Gasteiger partial charge < -0.3 is 19.9 Å². The van der Waals surface area contributed by atoms with Gasteiger partial charge in [0.2, 0.25) is 0 Å². The number of piperidine rings is 1. The zero-order valence-corrected chi connectivity index (χ0v) is 22.4. The van der Waals surface area contributed by atoms with Gasteiger partial charge in [-0.3, -0.25) is 18.7 Å². The number of aromatic nitrogens is 3. The minimum absolute atomic E-state index is 0.00300. The minimum Gasteiger partial charge on any atom is -0.465 e. The predicted molar refractivity (Wildman–Crippen MR) is 149 cm³/mol. The number of amides is 1. The standard InChI is InChI=1S/C28H27ClFN5O5/c1-32-22-13-24(33-11-5-8-20(15-33)31-27(38)39)34(14-18-12-19(30)9-10-21(18)29)25(22)26(37)35(28(32)40)16-23(36)17-6-3-2-4-7-17/h2-4,6-7,9-10,12-13,20,31H,5,8,11,14-16H2,1H3,(H,38,39)/t20-/m1/s1. The molecule has 0 bridgehead atoms. The van der Waals surface area contributed by atoms with Crippen LogP contribution in [0.2, 0.25) is 5.02 Å². The van der Waals surface area contributed by atoms with Gasteiger partial charge in [0.1, 0.15) is 17.2 Å². The number of fused-ring (bicyclic) bond motifs is 1. The molecule has 3 heterocycles. The van der Waals surface area contributed by atoms with Gasteiger partial charge in [0.05, 0.1) is 18.6 Å². The van der Waals surface area contributed by atoms with Crippen molar-refractivity contribution < 1.29 is 19.1 Å². The van der Waals surface area contributed by atoms with Crippen molar-refractivity contribution in [3.63, 3.8) is 0 Å². The molecule has 2 aromatic heterocycles. The summed E-state index contributed by atoms with van der Waals surface area (Å²) in [4.78, 5) is 53.4. The number of hydrogen-bond donors (Lipinski definition) is 2. The molecule has 2 aromatic carbocycles. The molecule has 208 valence electrons. The third-order valence-corrected chi connectivity index (χ3v) is 7.56. The molecule has 1 saturated heterocycles. The Morgan fingerprint density at radius 1 is 1.10 bits per heavy atom. The van der Waals surface area contributed by atoms with Crippen LogP contribution in [0.5, 0.6) is 0 Å². The van der Waals surface area contributed by atoms with E-state index in [2.05, 4.69) is 5.32 Å². The van der Waals surface area contributed by atoms with Crippen molar-refractivity contribution in [3.05, 3.63) is 97.4 Å². The average molecular weight is 568 g/mol. The molecule has 2 N–H and O–H groups in total. The van der Waals surface area contributed by atoms with Crippen molar-refractivity contribution in [1.82, 2.24) is 19.0 Å². The van der Waals surface area contributed by atoms with Crippen molar-refractivity contribution >= 4 is 40.3 Å². The number of benzene rings is 2. The Morgan fingerprint density at radius 3 is 2.58 bits per heavy atom. The number of carboxylic acid groups (broad SMARTS) is 1. The van der Waals surface area contributed by atoms with Crippen LogP contribution in [0.1, 0.15) is 28.8 Å². The minimum atomic E-state index is -1.13. The van der Waals surface area contributed by atoms with Crippen molar-refractivity contribution in [2.45, 2.75) is 32.0 Å². The first-order valence-electron chi connectivity index (χ1n) is 12.7. The summed E-state index contributed by atoms with van der Waals surface area (Å²) >= 11 is 6.40. The van der Waals surface area contributed by atoms with Crippen molar-refractivity contribution in [2.75, 3.05) is 18.0 Å². The lowest BCUT2D eigenvalue weighted by atomic mass is 10.1. The van der Waals surface area contributed by atoms with Crippen molar-refractivity contribution in [1.29, 1.82) is 0 Å². The molecule has 10 nitrogen and oxygen atoms in total. The molecule has 40 heavy (non-hydrogen) atoms. The van der Waals surface area contributed by atoms with Crippen molar-refractivity contribution in [2.24, 2.45) is 7.05 Å². The van der Waals surface area contributed by atoms with E-state index in [0.717, 1.165) is 4.57 Å². The van der Waals surface area contributed by atoms with Crippen LogP contribution in [0.25, 0.3) is 11.0 Å². The Balaban J connectivity index is 1.68. The lowest BCUT2D eigenvalue weighted by Gasteiger charge is -2.34. The first-order valence-corrected chi connectivity index (χ1v) is 13.1. The maximum atomic E-state index is 14.2. The highest BCUT2D eigenvalue weighted by Gasteiger charge is 2.27. The highest BCUT2D eigenvalue weighted by atomic mass is 35.5. The molecule has 0 saturated carbocycles. The molecule has 0 radical (unpaired) electrons. The molecule has 1 amide bonds. The van der Waals surface area contributed by atoms with E-state index >= 15 is 0 Å². The summed E-state index contributed by atoms with van der Waals surface area (Å²) in [5.41, 5.74) is -0.0696. The van der Waals surface area contributed by atoms with E-state index in [1.165, 1.54) is 29.8 Å². The lowest BCUT2D eigenvalue weighted by molar-refractivity contribution is 0.0968. The second kappa shape index (κ2) is 11.0. The quantitative estimate of drug-likeness (QED) is 0.330. The van der Waals surface area contributed by atoms with E-state index in [1.807, 2.05) is 4.90 Å². The topological polar surface area (TPSA) is 119 Å². The summed E-state index contributed by atoms with van der Waals surface area (Å²) in [6, 6.07) is 13.7. The largest absolute Gasteiger partial charge is 0.465 e. The number of rotatable bonds is 7. The van der Waals surface area contributed by atoms with Crippen LogP contribution in [0, 0.1) is 5.82 Å². The molecular formula is C28H27ClFN5O5. The number of anilines is 1. The van der Waals surface area contributed by atoms with Crippen LogP contribution in [0.3, 0.4) is 0 Å². The summed E-state index contributed by atoms with van der Waals surface area (Å²) in [5.74, 6) is -0.352. The zero-order valence-electron chi connectivity index (χ0n) is 21.6. The Kier molecular flexibility index (Phi) is 7.49. The van der Waals surface area contributed by atoms with Gasteiger partial charge in [-0.25, -0.2) is 14.0 Å². The molecule has 1 fully saturated rings. The number of hydrogen-bond acceptors (Lipinski definition) is 5. The van der Waals surface area contributed by atoms with Crippen LogP contribution in [0.15, 0.2) is 64.2 Å². The summed E-state index contributed by atoms with van der Waals surface area (Å²) in [6.07, 6.45) is 0.195. The van der Waals surface area contributed by atoms with Crippen LogP contribution in [-0.2, 0) is 20.1 Å². The predicted octanol–water partition coefficient (Wildman–Crippen LogP) is 3.46. The van der Waals surface area contributed by atoms with E-state index in [-0.39, 0.29) is 18.1 Å². The first-order chi connectivity index (χ1) is 19.1. The summed E-state index contributed by atoms with van der Waals surface area (Å²) in [6.45, 7) is 0.442. The maximum Gasteiger partial charge on any atom is 0.404 e. The fraction of sp³-hybridized carbons (Fsp3) is 0.286. The van der Waals surface area contributed by atoms with Gasteiger partial charge in [-0.15, -0.1) is 0 Å². The van der Waals surface area contributed by atoms with Crippen LogP contribution in [0.4, 0.5) is 15.0 Å². The van der Waals surface area contributed by atoms with Crippen molar-refractivity contribution in [3.8, 4) is 0 Å². The van der Waals surface area contributed by atoms with Gasteiger partial charge in [0.25, 0.3) is 5.56 Å². The second-order valence-electron chi connectivity index (χ2n) is 9.82. The van der Waals surface area contributed by atoms with Gasteiger partial charge >= 0.3 is 11.8 Å². The van der Waals surface area contributed by atoms with E-state index in [4.69, 9.17) is 11.6 Å². The molecule has 1 aliphatic rings. The van der Waals surface area contributed by atoms with Gasteiger partial charge in [0, 0.05) is 42.8 Å². The molecule has 12 heteroatoms. The maximum absolute atomic E-state index is 14.2. The van der Waals surface area contributed by atoms with Gasteiger partial charge in [-0.1, -0.05) is 41.9 Å². The summed E-state index contributed by atoms with van der Waals surface area (Å²) < 4.78 is 18.1. The lowest BCUT2D eigenvalue weighted by Crippen LogP contribution is -2.48. The Morgan fingerprint density at radius 2 is 1.85 bits per heavy atom. The van der Waals surface area contributed by atoms with Gasteiger partial charge in [0.15, 0.2) is 5.78 Å². The average Bonchev–Trinajstić information content (AvgIpc) is 3.31. The summed E-state index contributed by atoms with van der Waals surface area (Å²) in [5, 5.41) is 12.0. The number of carbonyl (C=O) groups is 2. The third kappa shape index (κ3) is 5.24. The van der Waals surface area contributed by atoms with Crippen LogP contribution in [-0.4, -0.2) is 49.8 Å². The molecule has 0 aliphatic carbocycles. The molecule has 1 aliphatic heterocycles. The molecule has 5 rings (SSSR count). The smallest absolute Gasteiger partial charge is 0.404 e. The highest BCUT2D eigenvalue weighted by molar-refractivity contribution is 6.31. The summed E-state index contributed by atoms with van der Waals surface area (Å²) in [7, 11) is 1.52. The molecule has 1 atom stereocenters. The van der Waals surface area contributed by atoms with Gasteiger partial charge in [-0.2, -0.15) is 0 Å². The van der Waals surface area contributed by atoms with E-state index in [1.54, 1.807) is 41.0 Å². The van der Waals surface area contributed by atoms with E-state index in [9.17, 15) is 28.7 Å². The van der Waals surface area contributed by atoms with E-state index < -0.39 is 35.5 Å². The molecule has 0 unspecified atom stereocenters. The first kappa shape index (κ1) is 27.2. The van der Waals surface area contributed by atoms with Crippen LogP contribution < -0.4 is 21.5 Å².